The van der Waals surface area contributed by atoms with Crippen LogP contribution >= 0.6 is 0 Å². The predicted octanol–water partition coefficient (Wildman–Crippen LogP) is -4.78. The van der Waals surface area contributed by atoms with E-state index in [-0.39, 0.29) is 13.2 Å². The first kappa shape index (κ1) is 16.7. The molecule has 10 heteroatoms. The minimum atomic E-state index is -8.12. The second kappa shape index (κ2) is 4.90. The maximum atomic E-state index is 8.15. The number of aliphatic hydroxyl groups excluding tert-OH is 2. The van der Waals surface area contributed by atoms with Crippen LogP contribution in [0.15, 0.2) is 0 Å². The summed E-state index contributed by atoms with van der Waals surface area (Å²) in [6, 6.07) is 0. The Morgan fingerprint density at radius 2 is 0.929 bits per heavy atom. The van der Waals surface area contributed by atoms with E-state index in [1.54, 1.807) is 0 Å². The maximum absolute atomic E-state index is 8.15. The molecule has 0 saturated heterocycles. The zero-order valence-electron chi connectivity index (χ0n) is 7.22. The van der Waals surface area contributed by atoms with E-state index in [9.17, 15) is 0 Å². The van der Waals surface area contributed by atoms with E-state index in [4.69, 9.17) is 32.8 Å². The van der Waals surface area contributed by atoms with Gasteiger partial charge >= 0.3 is 38.4 Å². The molecule has 14 heavy (non-hydrogen) atoms. The van der Waals surface area contributed by atoms with Gasteiger partial charge in [-0.05, 0) is 0 Å². The molecule has 0 aliphatic carbocycles. The SMILES string of the molecule is OCCNCCO.[OH][Pt]([OH])([OH])([OH])([OH])[OH]. The van der Waals surface area contributed by atoms with E-state index in [2.05, 4.69) is 5.32 Å². The van der Waals surface area contributed by atoms with Gasteiger partial charge in [0.2, 0.25) is 0 Å². The molecule has 0 heterocycles. The molecule has 0 aromatic rings. The van der Waals surface area contributed by atoms with Crippen LogP contribution < -0.4 is 5.32 Å². The summed E-state index contributed by atoms with van der Waals surface area (Å²) in [4.78, 5) is 0. The predicted molar refractivity (Wildman–Crippen MR) is 40.4 cm³/mol. The van der Waals surface area contributed by atoms with Crippen molar-refractivity contribution in [3.8, 4) is 0 Å². The van der Waals surface area contributed by atoms with Gasteiger partial charge in [0.1, 0.15) is 0 Å². The van der Waals surface area contributed by atoms with Gasteiger partial charge in [-0.3, -0.25) is 0 Å². The van der Waals surface area contributed by atoms with Crippen molar-refractivity contribution >= 4 is 0 Å². The van der Waals surface area contributed by atoms with E-state index in [0.29, 0.717) is 13.1 Å². The molecule has 0 saturated carbocycles. The molecule has 0 unspecified atom stereocenters. The molecule has 0 aliphatic rings. The molecule has 0 spiro atoms. The molecular formula is C4H17NO8Pt. The van der Waals surface area contributed by atoms with E-state index in [1.807, 2.05) is 0 Å². The molecule has 9 N–H and O–H groups in total. The van der Waals surface area contributed by atoms with Crippen LogP contribution in [0.2, 0.25) is 0 Å². The molecule has 0 bridgehead atoms. The Balaban J connectivity index is 0. The Morgan fingerprint density at radius 3 is 1.07 bits per heavy atom. The normalized spacial score (nSPS) is 16.3. The fourth-order valence-electron chi connectivity index (χ4n) is 0.283. The molecule has 9 nitrogen and oxygen atoms in total. The summed E-state index contributed by atoms with van der Waals surface area (Å²) >= 11 is -8.12. The number of hydrogen-bond donors (Lipinski definition) is 9. The first-order chi connectivity index (χ1) is 5.86. The summed E-state index contributed by atoms with van der Waals surface area (Å²) < 4.78 is 44.5. The van der Waals surface area contributed by atoms with Gasteiger partial charge in [0.15, 0.2) is 0 Å². The molecule has 0 rings (SSSR count). The average molecular weight is 402 g/mol. The van der Waals surface area contributed by atoms with Crippen LogP contribution in [0.3, 0.4) is 0 Å². The van der Waals surface area contributed by atoms with Crippen LogP contribution in [0.1, 0.15) is 0 Å². The minimum absolute atomic E-state index is 0.139. The molecule has 0 aromatic carbocycles. The van der Waals surface area contributed by atoms with E-state index < -0.39 is 15.8 Å². The number of hydrogen-bond acceptors (Lipinski definition) is 9. The zero-order valence-corrected chi connectivity index (χ0v) is 9.49. The van der Waals surface area contributed by atoms with Gasteiger partial charge in [-0.1, -0.05) is 0 Å². The van der Waals surface area contributed by atoms with Crippen LogP contribution in [-0.4, -0.2) is 59.1 Å². The second-order valence-corrected chi connectivity index (χ2v) is 8.96. The van der Waals surface area contributed by atoms with Crippen LogP contribution in [0, 0.1) is 0 Å². The second-order valence-electron chi connectivity index (χ2n) is 2.15. The fraction of sp³-hybridized carbons (Fsp3) is 1.00. The van der Waals surface area contributed by atoms with E-state index in [1.165, 1.54) is 0 Å². The molecule has 0 radical (unpaired) electrons. The Labute approximate surface area is 80.7 Å². The van der Waals surface area contributed by atoms with Crippen molar-refractivity contribution in [2.75, 3.05) is 26.3 Å². The quantitative estimate of drug-likeness (QED) is 0.209. The average Bonchev–Trinajstić information content (AvgIpc) is 1.82. The van der Waals surface area contributed by atoms with Gasteiger partial charge in [-0.15, -0.1) is 0 Å². The van der Waals surface area contributed by atoms with Gasteiger partial charge in [-0.25, -0.2) is 0 Å². The Morgan fingerprint density at radius 1 is 0.714 bits per heavy atom. The third-order valence-corrected chi connectivity index (χ3v) is 0.577. The molecule has 96 valence electrons. The topological polar surface area (TPSA) is 174 Å². The van der Waals surface area contributed by atoms with Crippen LogP contribution in [0.5, 0.6) is 0 Å². The van der Waals surface area contributed by atoms with Crippen molar-refractivity contribution in [1.29, 1.82) is 0 Å². The number of nitrogens with one attached hydrogen (secondary N) is 1. The summed E-state index contributed by atoms with van der Waals surface area (Å²) in [5.41, 5.74) is 0. The zero-order chi connectivity index (χ0) is 11.9. The molecule has 0 amide bonds. The summed E-state index contributed by atoms with van der Waals surface area (Å²) in [5, 5.41) is 19.1. The fourth-order valence-corrected chi connectivity index (χ4v) is 0.283. The molecule has 0 aromatic heterocycles. The monoisotopic (exact) mass is 402 g/mol. The molecule has 0 atom stereocenters. The van der Waals surface area contributed by atoms with Crippen molar-refractivity contribution in [1.82, 2.24) is 5.32 Å². The van der Waals surface area contributed by atoms with Crippen molar-refractivity contribution < 1.29 is 48.6 Å². The standard InChI is InChI=1S/C4H11NO2.6H2O.Pt/c6-3-1-5-2-4-7;;;;;;;/h5-7H,1-4H2;6*1H2;/q;;;;;;;+6/p-6. The van der Waals surface area contributed by atoms with E-state index >= 15 is 0 Å². The third-order valence-electron chi connectivity index (χ3n) is 0.577. The third kappa shape index (κ3) is 84.4. The van der Waals surface area contributed by atoms with Crippen LogP contribution in [0.25, 0.3) is 0 Å². The number of rotatable bonds is 4. The van der Waals surface area contributed by atoms with Crippen molar-refractivity contribution in [3.05, 3.63) is 0 Å². The van der Waals surface area contributed by atoms with Gasteiger partial charge in [-0.2, -0.15) is 0 Å². The van der Waals surface area contributed by atoms with Crippen molar-refractivity contribution in [2.24, 2.45) is 0 Å². The molecular weight excluding hydrogens is 385 g/mol. The first-order valence-electron chi connectivity index (χ1n) is 3.19. The van der Waals surface area contributed by atoms with Crippen LogP contribution in [-0.2, 0) is 15.8 Å². The van der Waals surface area contributed by atoms with Gasteiger partial charge in [0.25, 0.3) is 0 Å². The van der Waals surface area contributed by atoms with Crippen molar-refractivity contribution in [2.45, 2.75) is 0 Å². The summed E-state index contributed by atoms with van der Waals surface area (Å²) in [5.74, 6) is 0. The van der Waals surface area contributed by atoms with E-state index in [0.717, 1.165) is 0 Å². The Hall–Kier alpha value is 0.328. The Bertz CT molecular complexity index is 132. The van der Waals surface area contributed by atoms with Gasteiger partial charge in [0, 0.05) is 13.1 Å². The summed E-state index contributed by atoms with van der Waals surface area (Å²) in [6.07, 6.45) is 0. The first-order valence-corrected chi connectivity index (χ1v) is 9.29. The molecule has 0 aliphatic heterocycles. The van der Waals surface area contributed by atoms with Crippen molar-refractivity contribution in [3.63, 3.8) is 0 Å². The number of aliphatic hydroxyl groups is 2. The summed E-state index contributed by atoms with van der Waals surface area (Å²) in [7, 11) is 0. The molecule has 0 fully saturated rings. The van der Waals surface area contributed by atoms with Crippen LogP contribution in [0.4, 0.5) is 0 Å². The Kier molecular flexibility index (Phi) is 5.86. The van der Waals surface area contributed by atoms with Gasteiger partial charge < -0.3 is 15.5 Å². The van der Waals surface area contributed by atoms with Gasteiger partial charge in [0.05, 0.1) is 13.2 Å². The summed E-state index contributed by atoms with van der Waals surface area (Å²) in [6.45, 7) is 1.42.